The Hall–Kier alpha value is -3.09. The molecule has 1 aliphatic rings. The van der Waals surface area contributed by atoms with Crippen LogP contribution in [-0.4, -0.2) is 9.97 Å². The lowest BCUT2D eigenvalue weighted by molar-refractivity contribution is -0.137. The molecular formula is C27H31F3N4. The smallest absolute Gasteiger partial charge is 0.340 e. The highest BCUT2D eigenvalue weighted by Gasteiger charge is 2.35. The van der Waals surface area contributed by atoms with Crippen molar-refractivity contribution in [3.8, 4) is 0 Å². The Kier molecular flexibility index (Phi) is 7.39. The van der Waals surface area contributed by atoms with Crippen molar-refractivity contribution in [2.75, 3.05) is 10.6 Å². The minimum atomic E-state index is -4.57. The zero-order valence-electron chi connectivity index (χ0n) is 19.6. The molecule has 1 heterocycles. The molecular weight excluding hydrogens is 437 g/mol. The monoisotopic (exact) mass is 468 g/mol. The Bertz CT molecular complexity index is 1070. The topological polar surface area (TPSA) is 49.8 Å². The molecule has 4 nitrogen and oxygen atoms in total. The second-order valence-corrected chi connectivity index (χ2v) is 9.09. The van der Waals surface area contributed by atoms with Crippen LogP contribution in [0.1, 0.15) is 80.9 Å². The Morgan fingerprint density at radius 2 is 1.53 bits per heavy atom. The van der Waals surface area contributed by atoms with Crippen LogP contribution in [0.3, 0.4) is 0 Å². The third-order valence-corrected chi connectivity index (χ3v) is 6.69. The van der Waals surface area contributed by atoms with Crippen molar-refractivity contribution in [1.29, 1.82) is 0 Å². The predicted octanol–water partition coefficient (Wildman–Crippen LogP) is 8.54. The number of benzene rings is 2. The molecule has 1 unspecified atom stereocenters. The summed E-state index contributed by atoms with van der Waals surface area (Å²) in [6, 6.07) is 15.5. The fraction of sp³-hybridized carbons (Fsp3) is 0.407. The first-order valence-corrected chi connectivity index (χ1v) is 12.0. The fourth-order valence-electron chi connectivity index (χ4n) is 4.42. The molecule has 7 heteroatoms. The summed E-state index contributed by atoms with van der Waals surface area (Å²) in [7, 11) is 0. The van der Waals surface area contributed by atoms with Crippen molar-refractivity contribution >= 4 is 23.1 Å². The minimum Gasteiger partial charge on any atom is -0.340 e. The maximum atomic E-state index is 13.6. The Labute approximate surface area is 199 Å². The lowest BCUT2D eigenvalue weighted by Gasteiger charge is -2.22. The first-order chi connectivity index (χ1) is 16.3. The van der Waals surface area contributed by atoms with E-state index < -0.39 is 11.7 Å². The minimum absolute atomic E-state index is 0.102. The van der Waals surface area contributed by atoms with Gasteiger partial charge in [-0.2, -0.15) is 18.2 Å². The Balaban J connectivity index is 1.54. The SMILES string of the molecule is CCC(C)c1ccc(Nc2ncc(C(F)(F)F)c(Nc3ccc(C4CCCCC4)cc3)n2)cc1. The van der Waals surface area contributed by atoms with Crippen molar-refractivity contribution in [3.63, 3.8) is 0 Å². The number of hydrogen-bond acceptors (Lipinski definition) is 4. The van der Waals surface area contributed by atoms with E-state index in [4.69, 9.17) is 0 Å². The molecule has 1 aliphatic carbocycles. The summed E-state index contributed by atoms with van der Waals surface area (Å²) < 4.78 is 40.9. The summed E-state index contributed by atoms with van der Waals surface area (Å²) in [5, 5.41) is 5.87. The Morgan fingerprint density at radius 1 is 0.912 bits per heavy atom. The van der Waals surface area contributed by atoms with E-state index in [-0.39, 0.29) is 11.8 Å². The first kappa shape index (κ1) is 24.0. The van der Waals surface area contributed by atoms with Gasteiger partial charge in [-0.05, 0) is 66.5 Å². The molecule has 1 aromatic heterocycles. The summed E-state index contributed by atoms with van der Waals surface area (Å²) in [4.78, 5) is 8.07. The highest BCUT2D eigenvalue weighted by atomic mass is 19.4. The zero-order valence-corrected chi connectivity index (χ0v) is 19.6. The van der Waals surface area contributed by atoms with E-state index in [1.807, 2.05) is 48.5 Å². The van der Waals surface area contributed by atoms with E-state index in [0.717, 1.165) is 18.3 Å². The second-order valence-electron chi connectivity index (χ2n) is 9.09. The van der Waals surface area contributed by atoms with Crippen LogP contribution in [0.25, 0.3) is 0 Å². The largest absolute Gasteiger partial charge is 0.421 e. The molecule has 4 rings (SSSR count). The number of nitrogens with one attached hydrogen (secondary N) is 2. The van der Waals surface area contributed by atoms with E-state index in [1.165, 1.54) is 43.2 Å². The molecule has 1 atom stereocenters. The van der Waals surface area contributed by atoms with Gasteiger partial charge in [-0.15, -0.1) is 0 Å². The summed E-state index contributed by atoms with van der Waals surface area (Å²) >= 11 is 0. The van der Waals surface area contributed by atoms with Gasteiger partial charge in [-0.1, -0.05) is 57.4 Å². The molecule has 0 saturated heterocycles. The number of aromatic nitrogens is 2. The predicted molar refractivity (Wildman–Crippen MR) is 131 cm³/mol. The number of halogens is 3. The fourth-order valence-corrected chi connectivity index (χ4v) is 4.42. The maximum absolute atomic E-state index is 13.6. The van der Waals surface area contributed by atoms with Crippen LogP contribution in [-0.2, 0) is 6.18 Å². The standard InChI is InChI=1S/C27H31F3N4/c1-3-18(2)19-9-13-23(14-10-19)33-26-31-17-24(27(28,29)30)25(34-26)32-22-15-11-21(12-16-22)20-7-5-4-6-8-20/h9-18,20H,3-8H2,1-2H3,(H2,31,32,33,34). The summed E-state index contributed by atoms with van der Waals surface area (Å²) in [6.45, 7) is 4.28. The van der Waals surface area contributed by atoms with Crippen molar-refractivity contribution in [3.05, 3.63) is 71.4 Å². The van der Waals surface area contributed by atoms with Gasteiger partial charge < -0.3 is 10.6 Å². The molecule has 1 fully saturated rings. The van der Waals surface area contributed by atoms with E-state index >= 15 is 0 Å². The van der Waals surface area contributed by atoms with Gasteiger partial charge in [-0.3, -0.25) is 0 Å². The van der Waals surface area contributed by atoms with Crippen LogP contribution in [0.4, 0.5) is 36.3 Å². The van der Waals surface area contributed by atoms with Crippen molar-refractivity contribution in [2.24, 2.45) is 0 Å². The molecule has 0 radical (unpaired) electrons. The molecule has 0 bridgehead atoms. The molecule has 0 spiro atoms. The van der Waals surface area contributed by atoms with Crippen LogP contribution in [0.5, 0.6) is 0 Å². The number of rotatable bonds is 7. The average Bonchev–Trinajstić information content (AvgIpc) is 2.84. The van der Waals surface area contributed by atoms with Gasteiger partial charge in [0.1, 0.15) is 11.4 Å². The summed E-state index contributed by atoms with van der Waals surface area (Å²) in [5.74, 6) is 0.809. The van der Waals surface area contributed by atoms with Gasteiger partial charge in [-0.25, -0.2) is 4.98 Å². The first-order valence-electron chi connectivity index (χ1n) is 12.0. The molecule has 2 N–H and O–H groups in total. The molecule has 180 valence electrons. The number of alkyl halides is 3. The third-order valence-electron chi connectivity index (χ3n) is 6.69. The number of hydrogen-bond donors (Lipinski definition) is 2. The molecule has 3 aromatic rings. The summed E-state index contributed by atoms with van der Waals surface area (Å²) in [5.41, 5.74) is 2.83. The van der Waals surface area contributed by atoms with Crippen LogP contribution < -0.4 is 10.6 Å². The van der Waals surface area contributed by atoms with E-state index in [1.54, 1.807) is 0 Å². The lowest BCUT2D eigenvalue weighted by Crippen LogP contribution is -2.12. The maximum Gasteiger partial charge on any atom is 0.421 e. The molecule has 0 amide bonds. The average molecular weight is 469 g/mol. The van der Waals surface area contributed by atoms with Gasteiger partial charge in [0.25, 0.3) is 0 Å². The lowest BCUT2D eigenvalue weighted by atomic mass is 9.84. The van der Waals surface area contributed by atoms with Crippen LogP contribution in [0.2, 0.25) is 0 Å². The Morgan fingerprint density at radius 3 is 2.15 bits per heavy atom. The highest BCUT2D eigenvalue weighted by Crippen LogP contribution is 2.36. The summed E-state index contributed by atoms with van der Waals surface area (Å²) in [6.07, 6.45) is 3.37. The molecule has 2 aromatic carbocycles. The molecule has 1 saturated carbocycles. The normalized spacial score (nSPS) is 15.7. The van der Waals surface area contributed by atoms with Gasteiger partial charge in [0.05, 0.1) is 0 Å². The van der Waals surface area contributed by atoms with Crippen LogP contribution >= 0.6 is 0 Å². The van der Waals surface area contributed by atoms with Crippen molar-refractivity contribution in [1.82, 2.24) is 9.97 Å². The van der Waals surface area contributed by atoms with E-state index in [0.29, 0.717) is 17.5 Å². The van der Waals surface area contributed by atoms with Gasteiger partial charge in [0.15, 0.2) is 0 Å². The highest BCUT2D eigenvalue weighted by molar-refractivity contribution is 5.63. The van der Waals surface area contributed by atoms with Crippen molar-refractivity contribution in [2.45, 2.75) is 70.4 Å². The third kappa shape index (κ3) is 5.88. The quantitative estimate of drug-likeness (QED) is 0.365. The molecule has 34 heavy (non-hydrogen) atoms. The number of anilines is 4. The van der Waals surface area contributed by atoms with Crippen LogP contribution in [0.15, 0.2) is 54.7 Å². The van der Waals surface area contributed by atoms with Crippen molar-refractivity contribution < 1.29 is 13.2 Å². The second kappa shape index (κ2) is 10.5. The van der Waals surface area contributed by atoms with E-state index in [2.05, 4.69) is 34.4 Å². The van der Waals surface area contributed by atoms with E-state index in [9.17, 15) is 13.2 Å². The van der Waals surface area contributed by atoms with Gasteiger partial charge in [0, 0.05) is 17.6 Å². The zero-order chi connectivity index (χ0) is 24.1. The van der Waals surface area contributed by atoms with Gasteiger partial charge in [0.2, 0.25) is 5.95 Å². The molecule has 0 aliphatic heterocycles. The number of nitrogens with zero attached hydrogens (tertiary/aromatic N) is 2. The van der Waals surface area contributed by atoms with Gasteiger partial charge >= 0.3 is 6.18 Å². The van der Waals surface area contributed by atoms with Crippen LogP contribution in [0, 0.1) is 0 Å².